The normalized spacial score (nSPS) is 15.5. The van der Waals surface area contributed by atoms with Crippen LogP contribution in [-0.2, 0) is 9.59 Å². The van der Waals surface area contributed by atoms with Crippen molar-refractivity contribution < 1.29 is 14.0 Å². The number of benzene rings is 1. The number of amides is 2. The third-order valence-electron chi connectivity index (χ3n) is 3.47. The molecule has 1 aliphatic rings. The van der Waals surface area contributed by atoms with Crippen molar-refractivity contribution >= 4 is 23.6 Å². The van der Waals surface area contributed by atoms with Gasteiger partial charge in [0.05, 0.1) is 17.5 Å². The lowest BCUT2D eigenvalue weighted by atomic mass is 10.1. The first-order chi connectivity index (χ1) is 10.0. The Morgan fingerprint density at radius 1 is 1.38 bits per heavy atom. The second kappa shape index (κ2) is 6.93. The second-order valence-corrected chi connectivity index (χ2v) is 6.17. The van der Waals surface area contributed by atoms with Gasteiger partial charge in [-0.25, -0.2) is 4.39 Å². The van der Waals surface area contributed by atoms with Crippen molar-refractivity contribution in [3.8, 4) is 0 Å². The Balaban J connectivity index is 2.06. The fourth-order valence-corrected chi connectivity index (χ4v) is 2.99. The molecule has 2 N–H and O–H groups in total. The topological polar surface area (TPSA) is 63.4 Å². The van der Waals surface area contributed by atoms with Crippen LogP contribution in [0.25, 0.3) is 0 Å². The van der Waals surface area contributed by atoms with Gasteiger partial charge in [0.15, 0.2) is 0 Å². The van der Waals surface area contributed by atoms with Crippen LogP contribution in [0.15, 0.2) is 24.3 Å². The first kappa shape index (κ1) is 15.8. The van der Waals surface area contributed by atoms with Gasteiger partial charge in [-0.2, -0.15) is 0 Å². The van der Waals surface area contributed by atoms with Crippen LogP contribution in [0.3, 0.4) is 0 Å². The van der Waals surface area contributed by atoms with Crippen molar-refractivity contribution in [3.63, 3.8) is 0 Å². The van der Waals surface area contributed by atoms with Crippen molar-refractivity contribution in [3.05, 3.63) is 35.6 Å². The molecule has 1 fully saturated rings. The summed E-state index contributed by atoms with van der Waals surface area (Å²) in [4.78, 5) is 24.8. The van der Waals surface area contributed by atoms with Crippen LogP contribution in [0.4, 0.5) is 4.39 Å². The molecule has 0 radical (unpaired) electrons. The molecule has 0 saturated heterocycles. The fourth-order valence-electron chi connectivity index (χ4n) is 2.37. The molecule has 1 atom stereocenters. The Labute approximate surface area is 127 Å². The van der Waals surface area contributed by atoms with Gasteiger partial charge in [0, 0.05) is 11.6 Å². The third-order valence-corrected chi connectivity index (χ3v) is 4.41. The SMILES string of the molecule is C[C@H](c1ccccc1F)N(C(=O)CSCC(N)=O)C1CC1. The van der Waals surface area contributed by atoms with Gasteiger partial charge in [0.1, 0.15) is 5.82 Å². The number of thioether (sulfide) groups is 1. The Morgan fingerprint density at radius 2 is 2.05 bits per heavy atom. The highest BCUT2D eigenvalue weighted by Gasteiger charge is 2.36. The average molecular weight is 310 g/mol. The maximum absolute atomic E-state index is 13.9. The van der Waals surface area contributed by atoms with E-state index in [1.807, 2.05) is 6.92 Å². The molecule has 4 nitrogen and oxygen atoms in total. The summed E-state index contributed by atoms with van der Waals surface area (Å²) in [7, 11) is 0. The number of hydrogen-bond donors (Lipinski definition) is 1. The van der Waals surface area contributed by atoms with Crippen LogP contribution in [0, 0.1) is 5.82 Å². The summed E-state index contributed by atoms with van der Waals surface area (Å²) in [6.07, 6.45) is 1.90. The van der Waals surface area contributed by atoms with Crippen LogP contribution in [-0.4, -0.2) is 34.3 Å². The van der Waals surface area contributed by atoms with Gasteiger partial charge >= 0.3 is 0 Å². The quantitative estimate of drug-likeness (QED) is 0.839. The van der Waals surface area contributed by atoms with E-state index < -0.39 is 5.91 Å². The van der Waals surface area contributed by atoms with Gasteiger partial charge < -0.3 is 10.6 Å². The molecule has 0 heterocycles. The minimum absolute atomic E-state index is 0.0699. The van der Waals surface area contributed by atoms with E-state index in [-0.39, 0.29) is 35.3 Å². The molecule has 114 valence electrons. The second-order valence-electron chi connectivity index (χ2n) is 5.19. The van der Waals surface area contributed by atoms with Gasteiger partial charge in [-0.05, 0) is 25.8 Å². The van der Waals surface area contributed by atoms with E-state index >= 15 is 0 Å². The van der Waals surface area contributed by atoms with Gasteiger partial charge in [-0.1, -0.05) is 18.2 Å². The Kier molecular flexibility index (Phi) is 5.22. The molecule has 0 spiro atoms. The molecular weight excluding hydrogens is 291 g/mol. The number of nitrogens with zero attached hydrogens (tertiary/aromatic N) is 1. The largest absolute Gasteiger partial charge is 0.369 e. The summed E-state index contributed by atoms with van der Waals surface area (Å²) in [5, 5.41) is 0. The highest BCUT2D eigenvalue weighted by Crippen LogP contribution is 2.35. The van der Waals surface area contributed by atoms with Crippen LogP contribution in [0.2, 0.25) is 0 Å². The molecule has 1 saturated carbocycles. The third kappa shape index (κ3) is 4.20. The minimum Gasteiger partial charge on any atom is -0.369 e. The van der Waals surface area contributed by atoms with Crippen molar-refractivity contribution in [2.75, 3.05) is 11.5 Å². The number of carbonyl (C=O) groups is 2. The Hall–Kier alpha value is -1.56. The van der Waals surface area contributed by atoms with Crippen LogP contribution in [0.5, 0.6) is 0 Å². The molecule has 0 aromatic heterocycles. The highest BCUT2D eigenvalue weighted by atomic mass is 32.2. The van der Waals surface area contributed by atoms with Gasteiger partial charge in [0.2, 0.25) is 11.8 Å². The zero-order chi connectivity index (χ0) is 15.4. The molecule has 6 heteroatoms. The van der Waals surface area contributed by atoms with E-state index in [4.69, 9.17) is 5.73 Å². The molecule has 21 heavy (non-hydrogen) atoms. The van der Waals surface area contributed by atoms with E-state index in [1.54, 1.807) is 23.1 Å². The molecule has 2 rings (SSSR count). The predicted octanol–water partition coefficient (Wildman–Crippen LogP) is 2.10. The lowest BCUT2D eigenvalue weighted by molar-refractivity contribution is -0.131. The number of primary amides is 1. The number of halogens is 1. The van der Waals surface area contributed by atoms with Crippen molar-refractivity contribution in [1.29, 1.82) is 0 Å². The lowest BCUT2D eigenvalue weighted by Crippen LogP contribution is -2.37. The maximum atomic E-state index is 13.9. The standard InChI is InChI=1S/C15H19FN2O2S/c1-10(12-4-2-3-5-13(12)16)18(11-6-7-11)15(20)9-21-8-14(17)19/h2-5,10-11H,6-9H2,1H3,(H2,17,19)/t10-/m1/s1. The monoisotopic (exact) mass is 310 g/mol. The predicted molar refractivity (Wildman–Crippen MR) is 81.2 cm³/mol. The number of rotatable bonds is 7. The molecule has 0 unspecified atom stereocenters. The summed E-state index contributed by atoms with van der Waals surface area (Å²) >= 11 is 1.20. The molecule has 1 aromatic carbocycles. The first-order valence-electron chi connectivity index (χ1n) is 6.92. The Morgan fingerprint density at radius 3 is 2.62 bits per heavy atom. The highest BCUT2D eigenvalue weighted by molar-refractivity contribution is 8.00. The van der Waals surface area contributed by atoms with E-state index in [0.29, 0.717) is 5.56 Å². The summed E-state index contributed by atoms with van der Waals surface area (Å²) < 4.78 is 13.9. The lowest BCUT2D eigenvalue weighted by Gasteiger charge is -2.30. The number of hydrogen-bond acceptors (Lipinski definition) is 3. The van der Waals surface area contributed by atoms with Gasteiger partial charge in [0.25, 0.3) is 0 Å². The summed E-state index contributed by atoms with van der Waals surface area (Å²) in [6, 6.07) is 6.40. The molecule has 1 aliphatic carbocycles. The molecule has 1 aromatic rings. The van der Waals surface area contributed by atoms with E-state index in [0.717, 1.165) is 12.8 Å². The van der Waals surface area contributed by atoms with Gasteiger partial charge in [-0.15, -0.1) is 11.8 Å². The number of carbonyl (C=O) groups excluding carboxylic acids is 2. The minimum atomic E-state index is -0.437. The zero-order valence-corrected chi connectivity index (χ0v) is 12.7. The van der Waals surface area contributed by atoms with E-state index in [2.05, 4.69) is 0 Å². The summed E-state index contributed by atoms with van der Waals surface area (Å²) in [6.45, 7) is 1.84. The molecule has 0 bridgehead atoms. The van der Waals surface area contributed by atoms with Crippen molar-refractivity contribution in [2.24, 2.45) is 5.73 Å². The van der Waals surface area contributed by atoms with Crippen molar-refractivity contribution in [1.82, 2.24) is 4.90 Å². The molecule has 2 amide bonds. The summed E-state index contributed by atoms with van der Waals surface area (Å²) in [5.74, 6) is -0.489. The Bertz CT molecular complexity index is 534. The van der Waals surface area contributed by atoms with E-state index in [1.165, 1.54) is 17.8 Å². The van der Waals surface area contributed by atoms with Crippen molar-refractivity contribution in [2.45, 2.75) is 31.8 Å². The number of nitrogens with two attached hydrogens (primary N) is 1. The van der Waals surface area contributed by atoms with Crippen LogP contribution < -0.4 is 5.73 Å². The zero-order valence-electron chi connectivity index (χ0n) is 11.9. The van der Waals surface area contributed by atoms with E-state index in [9.17, 15) is 14.0 Å². The average Bonchev–Trinajstić information content (AvgIpc) is 3.23. The fraction of sp³-hybridized carbons (Fsp3) is 0.467. The molecular formula is C15H19FN2O2S. The van der Waals surface area contributed by atoms with Gasteiger partial charge in [-0.3, -0.25) is 9.59 Å². The van der Waals surface area contributed by atoms with Crippen LogP contribution in [0.1, 0.15) is 31.4 Å². The first-order valence-corrected chi connectivity index (χ1v) is 8.07. The molecule has 0 aliphatic heterocycles. The smallest absolute Gasteiger partial charge is 0.233 e. The van der Waals surface area contributed by atoms with Crippen LogP contribution >= 0.6 is 11.8 Å². The summed E-state index contributed by atoms with van der Waals surface area (Å²) in [5.41, 5.74) is 5.59. The maximum Gasteiger partial charge on any atom is 0.233 e.